The molecule has 7 heteroatoms. The number of amides is 2. The number of aryl methyl sites for hydroxylation is 1. The smallest absolute Gasteiger partial charge is 1.00 e. The zero-order chi connectivity index (χ0) is 21.8. The van der Waals surface area contributed by atoms with Crippen LogP contribution in [0, 0.1) is 11.3 Å². The van der Waals surface area contributed by atoms with Crippen LogP contribution in [0.5, 0.6) is 0 Å². The molecule has 0 bridgehead atoms. The fraction of sp³-hybridized carbons (Fsp3) is 0.240. The Morgan fingerprint density at radius 3 is 2.44 bits per heavy atom. The summed E-state index contributed by atoms with van der Waals surface area (Å²) in [5.41, 5.74) is 5.96. The number of carbonyl (C=O) groups is 2. The van der Waals surface area contributed by atoms with Gasteiger partial charge in [-0.05, 0) is 53.7 Å². The molecule has 1 fully saturated rings. The molecule has 0 spiro atoms. The SMILES string of the molecule is COC(=O)CN1C(=O)NC2CC=CC(CCc3ccc(-c4ccc(C#N)cc4)cc3)=C21.[H-].[K+]. The van der Waals surface area contributed by atoms with Gasteiger partial charge in [-0.1, -0.05) is 48.6 Å². The standard InChI is InChI=1S/C25H23N3O3.K.H/c1-31-23(29)16-28-24-21(3-2-4-22(24)27-25(28)30)14-7-17-5-10-19(11-6-17)20-12-8-18(15-26)9-13-20;;/h2-3,5-6,8-13,22H,4,7,14,16H2,1H3,(H,27,30);;/q;+1;-1. The molecule has 0 radical (unpaired) electrons. The van der Waals surface area contributed by atoms with E-state index in [2.05, 4.69) is 47.8 Å². The van der Waals surface area contributed by atoms with E-state index in [-0.39, 0.29) is 71.4 Å². The Kier molecular flexibility index (Phi) is 8.46. The van der Waals surface area contributed by atoms with Crippen LogP contribution in [0.15, 0.2) is 72.0 Å². The van der Waals surface area contributed by atoms with E-state index in [4.69, 9.17) is 10.00 Å². The second-order valence-electron chi connectivity index (χ2n) is 7.60. The summed E-state index contributed by atoms with van der Waals surface area (Å²) >= 11 is 0. The average molecular weight is 454 g/mol. The van der Waals surface area contributed by atoms with Gasteiger partial charge in [0.25, 0.3) is 0 Å². The van der Waals surface area contributed by atoms with E-state index in [0.29, 0.717) is 5.56 Å². The molecular weight excluding hydrogens is 429 g/mol. The third-order valence-electron chi connectivity index (χ3n) is 5.68. The van der Waals surface area contributed by atoms with Crippen molar-refractivity contribution in [3.05, 3.63) is 83.1 Å². The average Bonchev–Trinajstić information content (AvgIpc) is 3.13. The van der Waals surface area contributed by atoms with E-state index in [1.54, 1.807) is 0 Å². The summed E-state index contributed by atoms with van der Waals surface area (Å²) in [6.07, 6.45) is 6.44. The Morgan fingerprint density at radius 1 is 1.16 bits per heavy atom. The Bertz CT molecular complexity index is 1110. The van der Waals surface area contributed by atoms with Crippen molar-refractivity contribution >= 4 is 12.0 Å². The van der Waals surface area contributed by atoms with E-state index >= 15 is 0 Å². The van der Waals surface area contributed by atoms with Crippen LogP contribution in [0.25, 0.3) is 11.1 Å². The summed E-state index contributed by atoms with van der Waals surface area (Å²) in [6.45, 7) is -0.0786. The number of benzene rings is 2. The molecule has 1 N–H and O–H groups in total. The Labute approximate surface area is 231 Å². The first-order valence-electron chi connectivity index (χ1n) is 10.2. The van der Waals surface area contributed by atoms with Crippen LogP contribution in [-0.4, -0.2) is 36.6 Å². The topological polar surface area (TPSA) is 82.4 Å². The molecule has 0 saturated carbocycles. The van der Waals surface area contributed by atoms with E-state index < -0.39 is 5.97 Å². The van der Waals surface area contributed by atoms with Crippen LogP contribution in [0.2, 0.25) is 0 Å². The molecule has 2 amide bonds. The van der Waals surface area contributed by atoms with Gasteiger partial charge in [0.05, 0.1) is 24.8 Å². The maximum atomic E-state index is 12.4. The molecule has 4 rings (SSSR count). The van der Waals surface area contributed by atoms with Crippen molar-refractivity contribution < 1.29 is 67.1 Å². The summed E-state index contributed by atoms with van der Waals surface area (Å²) in [7, 11) is 1.32. The van der Waals surface area contributed by atoms with E-state index in [1.807, 2.05) is 24.3 Å². The number of allylic oxidation sites excluding steroid dienone is 2. The molecule has 1 aliphatic heterocycles. The number of carbonyl (C=O) groups excluding carboxylic acids is 2. The predicted octanol–water partition coefficient (Wildman–Crippen LogP) is 1.06. The zero-order valence-electron chi connectivity index (χ0n) is 19.3. The molecule has 2 aromatic carbocycles. The number of hydrogen-bond donors (Lipinski definition) is 1. The number of rotatable bonds is 6. The van der Waals surface area contributed by atoms with Crippen LogP contribution in [0.3, 0.4) is 0 Å². The van der Waals surface area contributed by atoms with Crippen molar-refractivity contribution in [2.45, 2.75) is 25.3 Å². The second kappa shape index (κ2) is 11.1. The summed E-state index contributed by atoms with van der Waals surface area (Å²) in [6, 6.07) is 17.7. The number of ether oxygens (including phenoxy) is 1. The van der Waals surface area contributed by atoms with Gasteiger partial charge in [0.1, 0.15) is 6.54 Å². The minimum atomic E-state index is -0.435. The quantitative estimate of drug-likeness (QED) is 0.524. The first-order valence-corrected chi connectivity index (χ1v) is 10.2. The summed E-state index contributed by atoms with van der Waals surface area (Å²) < 4.78 is 4.75. The number of nitrogens with one attached hydrogen (secondary N) is 1. The Hall–Kier alpha value is -2.21. The van der Waals surface area contributed by atoms with Gasteiger partial charge < -0.3 is 11.5 Å². The fourth-order valence-corrected chi connectivity index (χ4v) is 4.03. The zero-order valence-corrected chi connectivity index (χ0v) is 21.4. The van der Waals surface area contributed by atoms with Gasteiger partial charge in [-0.2, -0.15) is 5.26 Å². The van der Waals surface area contributed by atoms with Gasteiger partial charge in [-0.3, -0.25) is 9.69 Å². The summed E-state index contributed by atoms with van der Waals surface area (Å²) in [5.74, 6) is -0.435. The van der Waals surface area contributed by atoms with Gasteiger partial charge in [-0.25, -0.2) is 4.79 Å². The first-order chi connectivity index (χ1) is 15.1. The Morgan fingerprint density at radius 2 is 1.81 bits per heavy atom. The maximum absolute atomic E-state index is 12.4. The molecular formula is C25H24KN3O3. The third kappa shape index (κ3) is 5.40. The number of hydrogen-bond acceptors (Lipinski definition) is 4. The minimum Gasteiger partial charge on any atom is -1.00 e. The van der Waals surface area contributed by atoms with Crippen molar-refractivity contribution in [1.29, 1.82) is 5.26 Å². The third-order valence-corrected chi connectivity index (χ3v) is 5.68. The van der Waals surface area contributed by atoms with E-state index in [0.717, 1.165) is 41.7 Å². The first kappa shape index (κ1) is 24.4. The fourth-order valence-electron chi connectivity index (χ4n) is 4.03. The van der Waals surface area contributed by atoms with E-state index in [1.165, 1.54) is 17.6 Å². The molecule has 0 aromatic heterocycles. The van der Waals surface area contributed by atoms with Gasteiger partial charge in [0.2, 0.25) is 0 Å². The van der Waals surface area contributed by atoms with Crippen molar-refractivity contribution in [2.75, 3.05) is 13.7 Å². The van der Waals surface area contributed by atoms with Gasteiger partial charge in [0.15, 0.2) is 0 Å². The van der Waals surface area contributed by atoms with Crippen LogP contribution >= 0.6 is 0 Å². The number of esters is 1. The Balaban J connectivity index is 0.00000193. The van der Waals surface area contributed by atoms with Crippen LogP contribution in [0.4, 0.5) is 4.79 Å². The van der Waals surface area contributed by atoms with Gasteiger partial charge in [-0.15, -0.1) is 0 Å². The molecule has 1 aliphatic carbocycles. The molecule has 2 aromatic rings. The summed E-state index contributed by atoms with van der Waals surface area (Å²) in [4.78, 5) is 25.6. The molecule has 158 valence electrons. The molecule has 2 aliphatic rings. The van der Waals surface area contributed by atoms with E-state index in [9.17, 15) is 9.59 Å². The van der Waals surface area contributed by atoms with Crippen molar-refractivity contribution in [1.82, 2.24) is 10.2 Å². The number of urea groups is 1. The normalized spacial score (nSPS) is 16.7. The number of nitrogens with zero attached hydrogens (tertiary/aromatic N) is 2. The second-order valence-corrected chi connectivity index (χ2v) is 7.60. The molecule has 6 nitrogen and oxygen atoms in total. The van der Waals surface area contributed by atoms with Crippen molar-refractivity contribution in [3.8, 4) is 17.2 Å². The largest absolute Gasteiger partial charge is 1.00 e. The predicted molar refractivity (Wildman–Crippen MR) is 118 cm³/mol. The number of nitriles is 1. The molecule has 1 saturated heterocycles. The van der Waals surface area contributed by atoms with Crippen molar-refractivity contribution in [3.63, 3.8) is 0 Å². The molecule has 1 atom stereocenters. The van der Waals surface area contributed by atoms with Gasteiger partial charge in [0, 0.05) is 5.70 Å². The molecule has 1 unspecified atom stereocenters. The monoisotopic (exact) mass is 453 g/mol. The number of fused-ring (bicyclic) bond motifs is 1. The van der Waals surface area contributed by atoms with Crippen molar-refractivity contribution in [2.24, 2.45) is 0 Å². The van der Waals surface area contributed by atoms with Crippen LogP contribution in [-0.2, 0) is 16.0 Å². The molecule has 1 heterocycles. The summed E-state index contributed by atoms with van der Waals surface area (Å²) in [5, 5.41) is 11.9. The van der Waals surface area contributed by atoms with Crippen LogP contribution in [0.1, 0.15) is 25.4 Å². The maximum Gasteiger partial charge on any atom is 1.00 e. The number of methoxy groups -OCH3 is 1. The van der Waals surface area contributed by atoms with Crippen LogP contribution < -0.4 is 56.7 Å². The molecule has 32 heavy (non-hydrogen) atoms. The van der Waals surface area contributed by atoms with Gasteiger partial charge >= 0.3 is 63.4 Å². The minimum absolute atomic E-state index is 0.